The molecule has 1 atom stereocenters. The van der Waals surface area contributed by atoms with Gasteiger partial charge in [0, 0.05) is 16.3 Å². The van der Waals surface area contributed by atoms with E-state index in [0.717, 1.165) is 41.2 Å². The summed E-state index contributed by atoms with van der Waals surface area (Å²) in [5, 5.41) is 4.03. The lowest BCUT2D eigenvalue weighted by Gasteiger charge is -2.16. The quantitative estimate of drug-likeness (QED) is 0.672. The molecule has 1 N–H and O–H groups in total. The highest BCUT2D eigenvalue weighted by Gasteiger charge is 2.13. The normalized spacial score (nSPS) is 12.2. The predicted octanol–water partition coefficient (Wildman–Crippen LogP) is 4.69. The van der Waals surface area contributed by atoms with Gasteiger partial charge in [-0.15, -0.1) is 0 Å². The number of halogens is 2. The van der Waals surface area contributed by atoms with E-state index < -0.39 is 0 Å². The van der Waals surface area contributed by atoms with Crippen molar-refractivity contribution in [2.24, 2.45) is 5.92 Å². The lowest BCUT2D eigenvalue weighted by atomic mass is 10.0. The first-order valence-electron chi connectivity index (χ1n) is 6.69. The van der Waals surface area contributed by atoms with Gasteiger partial charge in [0.15, 0.2) is 0 Å². The maximum atomic E-state index is 12.2. The van der Waals surface area contributed by atoms with Crippen LogP contribution in [0.3, 0.4) is 0 Å². The molecule has 1 amide bonds. The predicted molar refractivity (Wildman–Crippen MR) is 88.0 cm³/mol. The number of aryl methyl sites for hydroxylation is 1. The van der Waals surface area contributed by atoms with Crippen molar-refractivity contribution in [1.29, 1.82) is 0 Å². The van der Waals surface area contributed by atoms with Crippen LogP contribution in [0, 0.1) is 12.8 Å². The van der Waals surface area contributed by atoms with Gasteiger partial charge in [0.25, 0.3) is 5.91 Å². The Morgan fingerprint density at radius 2 is 2.11 bits per heavy atom. The summed E-state index contributed by atoms with van der Waals surface area (Å²) in [6.45, 7) is 4.92. The Hall–Kier alpha value is -0.350. The molecule has 4 heteroatoms. The summed E-state index contributed by atoms with van der Waals surface area (Å²) in [4.78, 5) is 12.2. The molecule has 1 aromatic carbocycles. The number of amides is 1. The van der Waals surface area contributed by atoms with Crippen LogP contribution in [-0.2, 0) is 0 Å². The van der Waals surface area contributed by atoms with Gasteiger partial charge in [-0.05, 0) is 53.2 Å². The van der Waals surface area contributed by atoms with Crippen molar-refractivity contribution in [2.45, 2.75) is 33.1 Å². The van der Waals surface area contributed by atoms with E-state index in [-0.39, 0.29) is 5.91 Å². The van der Waals surface area contributed by atoms with Crippen LogP contribution in [-0.4, -0.2) is 17.8 Å². The summed E-state index contributed by atoms with van der Waals surface area (Å²) in [7, 11) is 0. The molecule has 0 spiro atoms. The third-order valence-corrected chi connectivity index (χ3v) is 4.71. The summed E-state index contributed by atoms with van der Waals surface area (Å²) in [5.41, 5.74) is 1.80. The van der Waals surface area contributed by atoms with Crippen LogP contribution < -0.4 is 5.32 Å². The van der Waals surface area contributed by atoms with Crippen LogP contribution in [0.4, 0.5) is 0 Å². The minimum Gasteiger partial charge on any atom is -0.352 e. The number of nitrogens with one attached hydrogen (secondary N) is 1. The Morgan fingerprint density at radius 3 is 2.74 bits per heavy atom. The smallest absolute Gasteiger partial charge is 0.252 e. The van der Waals surface area contributed by atoms with Gasteiger partial charge in [0.2, 0.25) is 0 Å². The van der Waals surface area contributed by atoms with Crippen LogP contribution in [0.1, 0.15) is 42.1 Å². The SMILES string of the molecule is CCCC(CCBr)CNC(=O)c1cccc(C)c1Br. The Labute approximate surface area is 132 Å². The van der Waals surface area contributed by atoms with E-state index in [1.165, 1.54) is 0 Å². The highest BCUT2D eigenvalue weighted by Crippen LogP contribution is 2.21. The molecule has 0 bridgehead atoms. The maximum absolute atomic E-state index is 12.2. The zero-order valence-corrected chi connectivity index (χ0v) is 14.7. The molecule has 2 nitrogen and oxygen atoms in total. The number of rotatable bonds is 7. The van der Waals surface area contributed by atoms with E-state index in [4.69, 9.17) is 0 Å². The summed E-state index contributed by atoms with van der Waals surface area (Å²) in [6, 6.07) is 5.76. The van der Waals surface area contributed by atoms with Gasteiger partial charge in [-0.3, -0.25) is 4.79 Å². The third kappa shape index (κ3) is 5.27. The Kier molecular flexibility index (Phi) is 7.69. The van der Waals surface area contributed by atoms with E-state index in [1.54, 1.807) is 0 Å². The topological polar surface area (TPSA) is 29.1 Å². The van der Waals surface area contributed by atoms with Crippen LogP contribution in [0.5, 0.6) is 0 Å². The third-order valence-electron chi connectivity index (χ3n) is 3.20. The standard InChI is InChI=1S/C15H21Br2NO/c1-3-5-12(8-9-16)10-18-15(19)13-7-4-6-11(2)14(13)17/h4,6-7,12H,3,5,8-10H2,1-2H3,(H,18,19). The van der Waals surface area contributed by atoms with Crippen molar-refractivity contribution in [2.75, 3.05) is 11.9 Å². The van der Waals surface area contributed by atoms with Crippen molar-refractivity contribution >= 4 is 37.8 Å². The average Bonchev–Trinajstić information content (AvgIpc) is 2.39. The molecule has 106 valence electrons. The van der Waals surface area contributed by atoms with Crippen LogP contribution >= 0.6 is 31.9 Å². The second-order valence-corrected chi connectivity index (χ2v) is 6.36. The number of carbonyl (C=O) groups excluding carboxylic acids is 1. The molecule has 1 unspecified atom stereocenters. The minimum atomic E-state index is 0.00579. The van der Waals surface area contributed by atoms with Gasteiger partial charge in [-0.2, -0.15) is 0 Å². The lowest BCUT2D eigenvalue weighted by Crippen LogP contribution is -2.29. The second kappa shape index (κ2) is 8.75. The number of benzene rings is 1. The molecule has 0 fully saturated rings. The van der Waals surface area contributed by atoms with Gasteiger partial charge < -0.3 is 5.32 Å². The Bertz CT molecular complexity index is 415. The van der Waals surface area contributed by atoms with Crippen molar-refractivity contribution < 1.29 is 4.79 Å². The fraction of sp³-hybridized carbons (Fsp3) is 0.533. The van der Waals surface area contributed by atoms with Gasteiger partial charge in [-0.25, -0.2) is 0 Å². The van der Waals surface area contributed by atoms with Crippen LogP contribution in [0.15, 0.2) is 22.7 Å². The molecule has 0 aliphatic rings. The van der Waals surface area contributed by atoms with Gasteiger partial charge in [-0.1, -0.05) is 41.4 Å². The molecular weight excluding hydrogens is 370 g/mol. The molecule has 1 aromatic rings. The summed E-state index contributed by atoms with van der Waals surface area (Å²) >= 11 is 6.95. The van der Waals surface area contributed by atoms with E-state index in [0.29, 0.717) is 11.5 Å². The fourth-order valence-corrected chi connectivity index (χ4v) is 3.16. The number of carbonyl (C=O) groups is 1. The zero-order chi connectivity index (χ0) is 14.3. The highest BCUT2D eigenvalue weighted by molar-refractivity contribution is 9.10. The maximum Gasteiger partial charge on any atom is 0.252 e. The minimum absolute atomic E-state index is 0.00579. The van der Waals surface area contributed by atoms with Crippen molar-refractivity contribution in [3.8, 4) is 0 Å². The first-order valence-corrected chi connectivity index (χ1v) is 8.60. The molecule has 0 aliphatic heterocycles. The van der Waals surface area contributed by atoms with Gasteiger partial charge >= 0.3 is 0 Å². The summed E-state index contributed by atoms with van der Waals surface area (Å²) in [6.07, 6.45) is 3.41. The average molecular weight is 391 g/mol. The number of hydrogen-bond donors (Lipinski definition) is 1. The monoisotopic (exact) mass is 389 g/mol. The van der Waals surface area contributed by atoms with E-state index in [2.05, 4.69) is 44.1 Å². The van der Waals surface area contributed by atoms with Crippen LogP contribution in [0.25, 0.3) is 0 Å². The molecule has 19 heavy (non-hydrogen) atoms. The van der Waals surface area contributed by atoms with Crippen molar-refractivity contribution in [3.05, 3.63) is 33.8 Å². The highest BCUT2D eigenvalue weighted by atomic mass is 79.9. The van der Waals surface area contributed by atoms with Gasteiger partial charge in [0.05, 0.1) is 5.56 Å². The molecule has 0 saturated carbocycles. The van der Waals surface area contributed by atoms with Crippen molar-refractivity contribution in [1.82, 2.24) is 5.32 Å². The number of alkyl halides is 1. The fourth-order valence-electron chi connectivity index (χ4n) is 2.07. The largest absolute Gasteiger partial charge is 0.352 e. The van der Waals surface area contributed by atoms with E-state index in [9.17, 15) is 4.79 Å². The molecule has 0 aromatic heterocycles. The number of hydrogen-bond acceptors (Lipinski definition) is 1. The summed E-state index contributed by atoms with van der Waals surface area (Å²) in [5.74, 6) is 0.558. The second-order valence-electron chi connectivity index (χ2n) is 4.78. The first-order chi connectivity index (χ1) is 9.10. The molecule has 1 rings (SSSR count). The van der Waals surface area contributed by atoms with E-state index in [1.807, 2.05) is 25.1 Å². The lowest BCUT2D eigenvalue weighted by molar-refractivity contribution is 0.0945. The Morgan fingerprint density at radius 1 is 1.37 bits per heavy atom. The molecular formula is C15H21Br2NO. The van der Waals surface area contributed by atoms with Gasteiger partial charge in [0.1, 0.15) is 0 Å². The summed E-state index contributed by atoms with van der Waals surface area (Å²) < 4.78 is 0.889. The zero-order valence-electron chi connectivity index (χ0n) is 11.5. The van der Waals surface area contributed by atoms with Crippen LogP contribution in [0.2, 0.25) is 0 Å². The first kappa shape index (κ1) is 16.7. The van der Waals surface area contributed by atoms with Crippen molar-refractivity contribution in [3.63, 3.8) is 0 Å². The molecule has 0 aliphatic carbocycles. The van der Waals surface area contributed by atoms with E-state index >= 15 is 0 Å². The molecule has 0 heterocycles. The molecule has 0 saturated heterocycles. The molecule has 0 radical (unpaired) electrons. The Balaban J connectivity index is 2.61.